The highest BCUT2D eigenvalue weighted by Gasteiger charge is 2.16. The number of aromatic nitrogens is 2. The molecule has 7 heteroatoms. The summed E-state index contributed by atoms with van der Waals surface area (Å²) in [4.78, 5) is 8.82. The maximum Gasteiger partial charge on any atom is 0.231 e. The fraction of sp³-hybridized carbons (Fsp3) is 0.231. The topological polar surface area (TPSA) is 79.5 Å². The lowest BCUT2D eigenvalue weighted by atomic mass is 10.2. The van der Waals surface area contributed by atoms with Crippen molar-refractivity contribution in [2.75, 3.05) is 19.6 Å². The number of ether oxygens (including phenoxy) is 3. The van der Waals surface area contributed by atoms with Crippen LogP contribution in [0.2, 0.25) is 0 Å². The largest absolute Gasteiger partial charge is 0.454 e. The molecule has 1 aliphatic rings. The van der Waals surface area contributed by atoms with Crippen molar-refractivity contribution in [3.8, 4) is 22.9 Å². The molecule has 20 heavy (non-hydrogen) atoms. The van der Waals surface area contributed by atoms with E-state index in [1.165, 1.54) is 0 Å². The lowest BCUT2D eigenvalue weighted by molar-refractivity contribution is 0.174. The summed E-state index contributed by atoms with van der Waals surface area (Å²) in [6, 6.07) is 5.57. The summed E-state index contributed by atoms with van der Waals surface area (Å²) in [6.07, 6.45) is 0. The van der Waals surface area contributed by atoms with Gasteiger partial charge in [0.1, 0.15) is 5.82 Å². The van der Waals surface area contributed by atoms with Crippen LogP contribution in [0.25, 0.3) is 11.4 Å². The normalized spacial score (nSPS) is 12.7. The van der Waals surface area contributed by atoms with E-state index in [4.69, 9.17) is 19.9 Å². The molecule has 3 rings (SSSR count). The van der Waals surface area contributed by atoms with E-state index < -0.39 is 0 Å². The van der Waals surface area contributed by atoms with Gasteiger partial charge in [0.2, 0.25) is 6.79 Å². The molecule has 2 aromatic rings. The first-order valence-electron chi connectivity index (χ1n) is 5.90. The van der Waals surface area contributed by atoms with Crippen LogP contribution in [0, 0.1) is 3.57 Å². The van der Waals surface area contributed by atoms with Gasteiger partial charge in [-0.15, -0.1) is 0 Å². The quantitative estimate of drug-likeness (QED) is 0.817. The first-order chi connectivity index (χ1) is 9.69. The Bertz CT molecular complexity index is 664. The number of benzene rings is 1. The number of nitrogens with two attached hydrogens (primary N) is 1. The number of nitrogen functional groups attached to an aromatic ring is 1. The Morgan fingerprint density at radius 1 is 1.30 bits per heavy atom. The molecular weight excluding hydrogens is 373 g/mol. The zero-order chi connectivity index (χ0) is 14.1. The molecular formula is C13H12IN3O3. The predicted molar refractivity (Wildman–Crippen MR) is 81.4 cm³/mol. The van der Waals surface area contributed by atoms with Crippen molar-refractivity contribution >= 4 is 28.4 Å². The van der Waals surface area contributed by atoms with Crippen molar-refractivity contribution < 1.29 is 14.2 Å². The zero-order valence-corrected chi connectivity index (χ0v) is 12.9. The van der Waals surface area contributed by atoms with Crippen LogP contribution in [-0.2, 0) is 11.3 Å². The van der Waals surface area contributed by atoms with Crippen molar-refractivity contribution in [1.29, 1.82) is 0 Å². The summed E-state index contributed by atoms with van der Waals surface area (Å²) in [7, 11) is 1.62. The summed E-state index contributed by atoms with van der Waals surface area (Å²) in [5.41, 5.74) is 7.53. The molecule has 0 fully saturated rings. The van der Waals surface area contributed by atoms with Gasteiger partial charge < -0.3 is 19.9 Å². The lowest BCUT2D eigenvalue weighted by Gasteiger charge is -2.09. The van der Waals surface area contributed by atoms with Crippen LogP contribution in [0.4, 0.5) is 5.82 Å². The van der Waals surface area contributed by atoms with Gasteiger partial charge in [-0.1, -0.05) is 0 Å². The zero-order valence-electron chi connectivity index (χ0n) is 10.7. The van der Waals surface area contributed by atoms with Gasteiger partial charge in [0.05, 0.1) is 15.9 Å². The summed E-state index contributed by atoms with van der Waals surface area (Å²) in [5, 5.41) is 0. The van der Waals surface area contributed by atoms with Gasteiger partial charge in [-0.3, -0.25) is 0 Å². The van der Waals surface area contributed by atoms with Crippen molar-refractivity contribution in [2.24, 2.45) is 0 Å². The highest BCUT2D eigenvalue weighted by molar-refractivity contribution is 14.1. The maximum absolute atomic E-state index is 5.93. The average molecular weight is 385 g/mol. The maximum atomic E-state index is 5.93. The fourth-order valence-electron chi connectivity index (χ4n) is 1.91. The number of nitrogens with zero attached hydrogens (tertiary/aromatic N) is 2. The molecule has 104 valence electrons. The van der Waals surface area contributed by atoms with Crippen LogP contribution in [-0.4, -0.2) is 23.9 Å². The number of fused-ring (bicyclic) bond motifs is 1. The molecule has 1 aromatic heterocycles. The average Bonchev–Trinajstić information content (AvgIpc) is 2.91. The van der Waals surface area contributed by atoms with Gasteiger partial charge in [0, 0.05) is 12.7 Å². The highest BCUT2D eigenvalue weighted by Crippen LogP contribution is 2.35. The molecule has 0 bridgehead atoms. The Hall–Kier alpha value is -1.61. The van der Waals surface area contributed by atoms with E-state index in [2.05, 4.69) is 32.6 Å². The van der Waals surface area contributed by atoms with Gasteiger partial charge in [-0.25, -0.2) is 9.97 Å². The van der Waals surface area contributed by atoms with E-state index >= 15 is 0 Å². The molecule has 1 aromatic carbocycles. The number of anilines is 1. The van der Waals surface area contributed by atoms with E-state index in [0.717, 1.165) is 20.6 Å². The molecule has 6 nitrogen and oxygen atoms in total. The van der Waals surface area contributed by atoms with E-state index in [9.17, 15) is 0 Å². The fourth-order valence-corrected chi connectivity index (χ4v) is 2.31. The molecule has 0 unspecified atom stereocenters. The molecule has 0 atom stereocenters. The first-order valence-corrected chi connectivity index (χ1v) is 6.97. The van der Waals surface area contributed by atoms with Gasteiger partial charge in [-0.05, 0) is 40.8 Å². The second-order valence-electron chi connectivity index (χ2n) is 4.19. The van der Waals surface area contributed by atoms with Crippen LogP contribution in [0.15, 0.2) is 18.2 Å². The Morgan fingerprint density at radius 3 is 2.90 bits per heavy atom. The smallest absolute Gasteiger partial charge is 0.231 e. The first kappa shape index (κ1) is 13.4. The number of methoxy groups -OCH3 is 1. The molecule has 0 spiro atoms. The number of hydrogen-bond acceptors (Lipinski definition) is 6. The van der Waals surface area contributed by atoms with Gasteiger partial charge in [0.15, 0.2) is 17.3 Å². The monoisotopic (exact) mass is 385 g/mol. The molecule has 0 aliphatic carbocycles. The SMILES string of the molecule is COCc1nc(-c2ccc3c(c2)OCO3)nc(N)c1I. The third-order valence-corrected chi connectivity index (χ3v) is 4.03. The predicted octanol–water partition coefficient (Wildman–Crippen LogP) is 2.21. The van der Waals surface area contributed by atoms with Crippen molar-refractivity contribution in [3.63, 3.8) is 0 Å². The van der Waals surface area contributed by atoms with Crippen LogP contribution in [0.1, 0.15) is 5.69 Å². The molecule has 2 heterocycles. The van der Waals surface area contributed by atoms with Crippen LogP contribution in [0.3, 0.4) is 0 Å². The Balaban J connectivity index is 2.05. The van der Waals surface area contributed by atoms with Gasteiger partial charge in [0.25, 0.3) is 0 Å². The Kier molecular flexibility index (Phi) is 3.62. The number of hydrogen-bond donors (Lipinski definition) is 1. The van der Waals surface area contributed by atoms with Gasteiger partial charge in [-0.2, -0.15) is 0 Å². The van der Waals surface area contributed by atoms with Crippen molar-refractivity contribution in [1.82, 2.24) is 9.97 Å². The van der Waals surface area contributed by atoms with Gasteiger partial charge >= 0.3 is 0 Å². The van der Waals surface area contributed by atoms with E-state index in [0.29, 0.717) is 24.0 Å². The summed E-state index contributed by atoms with van der Waals surface area (Å²) < 4.78 is 16.6. The van der Waals surface area contributed by atoms with Crippen molar-refractivity contribution in [2.45, 2.75) is 6.61 Å². The van der Waals surface area contributed by atoms with E-state index in [1.807, 2.05) is 18.2 Å². The molecule has 1 aliphatic heterocycles. The minimum atomic E-state index is 0.239. The molecule has 0 amide bonds. The van der Waals surface area contributed by atoms with Crippen LogP contribution >= 0.6 is 22.6 Å². The lowest BCUT2D eigenvalue weighted by Crippen LogP contribution is -2.05. The minimum absolute atomic E-state index is 0.239. The minimum Gasteiger partial charge on any atom is -0.454 e. The highest BCUT2D eigenvalue weighted by atomic mass is 127. The number of halogens is 1. The standard InChI is InChI=1S/C13H12IN3O3/c1-18-5-8-11(14)12(15)17-13(16-8)7-2-3-9-10(4-7)20-6-19-9/h2-4H,5-6H2,1H3,(H2,15,16,17). The summed E-state index contributed by atoms with van der Waals surface area (Å²) >= 11 is 2.12. The Labute approximate surface area is 129 Å². The summed E-state index contributed by atoms with van der Waals surface area (Å²) in [6.45, 7) is 0.631. The molecule has 0 saturated heterocycles. The third kappa shape index (κ3) is 2.38. The van der Waals surface area contributed by atoms with E-state index in [1.54, 1.807) is 7.11 Å². The molecule has 0 saturated carbocycles. The second kappa shape index (κ2) is 5.41. The van der Waals surface area contributed by atoms with E-state index in [-0.39, 0.29) is 6.79 Å². The van der Waals surface area contributed by atoms with Crippen LogP contribution in [0.5, 0.6) is 11.5 Å². The Morgan fingerprint density at radius 2 is 2.10 bits per heavy atom. The number of rotatable bonds is 3. The van der Waals surface area contributed by atoms with Crippen LogP contribution < -0.4 is 15.2 Å². The summed E-state index contributed by atoms with van der Waals surface area (Å²) in [5.74, 6) is 2.41. The third-order valence-electron chi connectivity index (χ3n) is 2.86. The molecule has 2 N–H and O–H groups in total. The molecule has 0 radical (unpaired) electrons. The second-order valence-corrected chi connectivity index (χ2v) is 5.27. The van der Waals surface area contributed by atoms with Crippen molar-refractivity contribution in [3.05, 3.63) is 27.5 Å².